The lowest BCUT2D eigenvalue weighted by Crippen LogP contribution is -2.28. The van der Waals surface area contributed by atoms with Gasteiger partial charge in [-0.1, -0.05) is 68.5 Å². The molecule has 0 N–H and O–H groups in total. The first-order chi connectivity index (χ1) is 17.0. The van der Waals surface area contributed by atoms with Crippen molar-refractivity contribution in [2.75, 3.05) is 0 Å². The molecule has 1 fully saturated rings. The number of benzene rings is 2. The van der Waals surface area contributed by atoms with E-state index in [1.807, 2.05) is 24.3 Å². The van der Waals surface area contributed by atoms with E-state index in [4.69, 9.17) is 11.3 Å². The van der Waals surface area contributed by atoms with Gasteiger partial charge in [-0.3, -0.25) is 0 Å². The largest absolute Gasteiger partial charge is 0.413 e. The summed E-state index contributed by atoms with van der Waals surface area (Å²) in [5.74, 6) is 0.375. The van der Waals surface area contributed by atoms with Gasteiger partial charge in [0.25, 0.3) is 5.54 Å². The summed E-state index contributed by atoms with van der Waals surface area (Å²) in [4.78, 5) is 15.8. The van der Waals surface area contributed by atoms with Crippen LogP contribution in [0.3, 0.4) is 0 Å². The highest BCUT2D eigenvalue weighted by molar-refractivity contribution is 5.86. The Balaban J connectivity index is 1.84. The van der Waals surface area contributed by atoms with E-state index in [2.05, 4.69) is 77.8 Å². The average Bonchev–Trinajstić information content (AvgIpc) is 2.91. The normalized spacial score (nSPS) is 18.3. The molecule has 1 aliphatic rings. The van der Waals surface area contributed by atoms with E-state index in [0.717, 1.165) is 54.4 Å². The topological polar surface area (TPSA) is 30.7 Å². The average molecular weight is 460 g/mol. The molecule has 2 aromatic carbocycles. The summed E-state index contributed by atoms with van der Waals surface area (Å²) >= 11 is 0. The van der Waals surface area contributed by atoms with Crippen molar-refractivity contribution in [3.05, 3.63) is 119 Å². The minimum absolute atomic E-state index is 0.202. The molecule has 0 heterocycles. The van der Waals surface area contributed by atoms with Crippen molar-refractivity contribution >= 4 is 11.7 Å². The van der Waals surface area contributed by atoms with Crippen LogP contribution in [-0.4, -0.2) is 5.97 Å². The summed E-state index contributed by atoms with van der Waals surface area (Å²) in [6.45, 7) is 17.0. The van der Waals surface area contributed by atoms with Gasteiger partial charge in [-0.25, -0.2) is 11.4 Å². The molecule has 3 heteroatoms. The van der Waals surface area contributed by atoms with Gasteiger partial charge in [0, 0.05) is 30.0 Å². The Morgan fingerprint density at radius 3 is 2.26 bits per heavy atom. The second-order valence-electron chi connectivity index (χ2n) is 8.66. The molecule has 2 aromatic rings. The van der Waals surface area contributed by atoms with Gasteiger partial charge in [-0.2, -0.15) is 0 Å². The highest BCUT2D eigenvalue weighted by Gasteiger charge is 2.42. The zero-order valence-electron chi connectivity index (χ0n) is 20.2. The molecule has 0 spiro atoms. The zero-order chi connectivity index (χ0) is 25.1. The molecule has 174 valence electrons. The van der Waals surface area contributed by atoms with Gasteiger partial charge in [0.05, 0.1) is 0 Å². The van der Waals surface area contributed by atoms with Crippen molar-refractivity contribution in [1.82, 2.24) is 0 Å². The van der Waals surface area contributed by atoms with E-state index in [9.17, 15) is 4.79 Å². The van der Waals surface area contributed by atoms with Crippen molar-refractivity contribution in [1.29, 1.82) is 0 Å². The fourth-order valence-corrected chi connectivity index (χ4v) is 4.57. The van der Waals surface area contributed by atoms with E-state index in [0.29, 0.717) is 5.56 Å². The number of carbonyl (C=O) groups excluding carboxylic acids is 1. The van der Waals surface area contributed by atoms with Crippen LogP contribution in [-0.2, 0) is 15.1 Å². The van der Waals surface area contributed by atoms with Crippen LogP contribution in [0, 0.1) is 12.5 Å². The van der Waals surface area contributed by atoms with Crippen molar-refractivity contribution in [2.45, 2.75) is 51.0 Å². The summed E-state index contributed by atoms with van der Waals surface area (Å²) in [5, 5.41) is 0. The molecule has 3 nitrogen and oxygen atoms in total. The number of hydrogen-bond donors (Lipinski definition) is 0. The Bertz CT molecular complexity index is 1300. The molecule has 0 aromatic heterocycles. The first-order valence-electron chi connectivity index (χ1n) is 11.9. The Labute approximate surface area is 208 Å². The van der Waals surface area contributed by atoms with Crippen molar-refractivity contribution in [2.24, 2.45) is 5.92 Å². The van der Waals surface area contributed by atoms with Crippen LogP contribution in [0.4, 0.5) is 0 Å². The molecule has 0 unspecified atom stereocenters. The number of hydrogen-bond acceptors (Lipinski definition) is 2. The predicted octanol–water partition coefficient (Wildman–Crippen LogP) is 7.93. The standard InChI is InChI=1S/C32H29NO2/c1-5-8-9-10-12-30(35-31(34)7-3)28-15-13-26(14-16-28)27-17-19-29(20-18-27)32(33-4)23-21-25(11-6-2)22-24-32/h7,13-20,25H,1,3,6,11,21-24H2,2H3. The predicted molar refractivity (Wildman–Crippen MR) is 140 cm³/mol. The van der Waals surface area contributed by atoms with E-state index < -0.39 is 11.5 Å². The fourth-order valence-electron chi connectivity index (χ4n) is 4.57. The highest BCUT2D eigenvalue weighted by atomic mass is 16.5. The SMILES string of the molecule is [C-]#[N+]C1(c2ccc(-c3ccc(C(=C=C=C=C=C=C)OC(=O)C=C)cc3)cc2)CCC(CCC)CC1. The van der Waals surface area contributed by atoms with E-state index >= 15 is 0 Å². The number of rotatable bonds is 7. The van der Waals surface area contributed by atoms with Crippen molar-refractivity contribution in [3.8, 4) is 11.1 Å². The Hall–Kier alpha value is -4.22. The Morgan fingerprint density at radius 1 is 1.09 bits per heavy atom. The third-order valence-corrected chi connectivity index (χ3v) is 6.50. The lowest BCUT2D eigenvalue weighted by atomic mass is 9.72. The van der Waals surface area contributed by atoms with Gasteiger partial charge in [-0.05, 0) is 71.5 Å². The molecule has 0 amide bonds. The van der Waals surface area contributed by atoms with Gasteiger partial charge >= 0.3 is 5.97 Å². The Morgan fingerprint density at radius 2 is 1.71 bits per heavy atom. The van der Waals surface area contributed by atoms with Crippen molar-refractivity contribution < 1.29 is 9.53 Å². The molecular formula is C32H29NO2. The lowest BCUT2D eigenvalue weighted by molar-refractivity contribution is -0.131. The smallest absolute Gasteiger partial charge is 0.336 e. The number of carbonyl (C=O) groups is 1. The number of ether oxygens (including phenoxy) is 1. The molecule has 0 bridgehead atoms. The summed E-state index contributed by atoms with van der Waals surface area (Å²) in [6, 6.07) is 16.0. The molecule has 1 saturated carbocycles. The fraction of sp³-hybridized carbons (Fsp3) is 0.281. The van der Waals surface area contributed by atoms with Gasteiger partial charge in [0.1, 0.15) is 0 Å². The monoisotopic (exact) mass is 459 g/mol. The van der Waals surface area contributed by atoms with Gasteiger partial charge < -0.3 is 9.58 Å². The third-order valence-electron chi connectivity index (χ3n) is 6.50. The second-order valence-corrected chi connectivity index (χ2v) is 8.66. The number of esters is 1. The molecule has 1 aliphatic carbocycles. The second kappa shape index (κ2) is 12.3. The van der Waals surface area contributed by atoms with Gasteiger partial charge in [0.15, 0.2) is 5.76 Å². The van der Waals surface area contributed by atoms with E-state index in [-0.39, 0.29) is 5.76 Å². The maximum atomic E-state index is 11.7. The maximum absolute atomic E-state index is 11.7. The third kappa shape index (κ3) is 6.43. The van der Waals surface area contributed by atoms with Gasteiger partial charge in [-0.15, -0.1) is 0 Å². The lowest BCUT2D eigenvalue weighted by Gasteiger charge is -2.31. The summed E-state index contributed by atoms with van der Waals surface area (Å²) in [5.41, 5.74) is 16.4. The van der Waals surface area contributed by atoms with E-state index in [1.54, 1.807) is 0 Å². The Kier molecular flexibility index (Phi) is 8.93. The maximum Gasteiger partial charge on any atom is 0.336 e. The van der Waals surface area contributed by atoms with Crippen LogP contribution in [0.2, 0.25) is 0 Å². The van der Waals surface area contributed by atoms with Crippen LogP contribution < -0.4 is 0 Å². The summed E-state index contributed by atoms with van der Waals surface area (Å²) < 4.78 is 5.29. The van der Waals surface area contributed by atoms with Crippen LogP contribution >= 0.6 is 0 Å². The van der Waals surface area contributed by atoms with Crippen LogP contribution in [0.15, 0.2) is 96.4 Å². The molecule has 0 saturated heterocycles. The molecule has 3 rings (SSSR count). The van der Waals surface area contributed by atoms with Crippen LogP contribution in [0.5, 0.6) is 0 Å². The minimum atomic E-state index is -0.588. The molecule has 0 aliphatic heterocycles. The zero-order valence-corrected chi connectivity index (χ0v) is 20.2. The number of nitrogens with zero attached hydrogens (tertiary/aromatic N) is 1. The molecule has 0 atom stereocenters. The van der Waals surface area contributed by atoms with Crippen LogP contribution in [0.25, 0.3) is 21.7 Å². The summed E-state index contributed by atoms with van der Waals surface area (Å²) in [6.07, 6.45) is 7.72. The first-order valence-corrected chi connectivity index (χ1v) is 11.9. The first kappa shape index (κ1) is 25.4. The summed E-state index contributed by atoms with van der Waals surface area (Å²) in [7, 11) is 0. The van der Waals surface area contributed by atoms with Crippen LogP contribution in [0.1, 0.15) is 56.6 Å². The quantitative estimate of drug-likeness (QED) is 0.138. The molecule has 35 heavy (non-hydrogen) atoms. The van der Waals surface area contributed by atoms with E-state index in [1.165, 1.54) is 12.8 Å². The highest BCUT2D eigenvalue weighted by Crippen LogP contribution is 2.44. The molecular weight excluding hydrogens is 430 g/mol. The van der Waals surface area contributed by atoms with Crippen molar-refractivity contribution in [3.63, 3.8) is 0 Å². The molecule has 0 radical (unpaired) electrons. The van der Waals surface area contributed by atoms with Gasteiger partial charge in [0.2, 0.25) is 0 Å². The minimum Gasteiger partial charge on any atom is -0.413 e.